The Morgan fingerprint density at radius 2 is 1.97 bits per heavy atom. The molecule has 6 nitrogen and oxygen atoms in total. The lowest BCUT2D eigenvalue weighted by molar-refractivity contribution is 0.685. The van der Waals surface area contributed by atoms with Gasteiger partial charge in [0.2, 0.25) is 0 Å². The molecule has 0 spiro atoms. The predicted molar refractivity (Wildman–Crippen MR) is 117 cm³/mol. The number of rotatable bonds is 7. The van der Waals surface area contributed by atoms with Crippen molar-refractivity contribution in [1.82, 2.24) is 25.4 Å². The lowest BCUT2D eigenvalue weighted by Crippen LogP contribution is -2.39. The number of guanidine groups is 1. The molecule has 1 aromatic heterocycles. The van der Waals surface area contributed by atoms with Crippen LogP contribution in [-0.2, 0) is 13.1 Å². The molecule has 0 radical (unpaired) electrons. The fraction of sp³-hybridized carbons (Fsp3) is 0.348. The molecule has 0 amide bonds. The van der Waals surface area contributed by atoms with Crippen LogP contribution < -0.4 is 10.6 Å². The zero-order valence-electron chi connectivity index (χ0n) is 17.0. The molecule has 2 aromatic carbocycles. The van der Waals surface area contributed by atoms with Crippen molar-refractivity contribution in [3.05, 3.63) is 72.3 Å². The molecular formula is C23H28N6. The number of hydrogen-bond donors (Lipinski definition) is 2. The third-order valence-corrected chi connectivity index (χ3v) is 5.28. The summed E-state index contributed by atoms with van der Waals surface area (Å²) in [6.45, 7) is 6.60. The van der Waals surface area contributed by atoms with Crippen LogP contribution in [0.4, 0.5) is 0 Å². The fourth-order valence-corrected chi connectivity index (χ4v) is 3.41. The molecule has 2 atom stereocenters. The molecule has 1 heterocycles. The van der Waals surface area contributed by atoms with E-state index in [1.807, 2.05) is 4.68 Å². The monoisotopic (exact) mass is 388 g/mol. The Balaban J connectivity index is 1.49. The molecule has 6 heteroatoms. The Morgan fingerprint density at radius 1 is 1.17 bits per heavy atom. The molecule has 0 aliphatic heterocycles. The highest BCUT2D eigenvalue weighted by Gasteiger charge is 2.33. The van der Waals surface area contributed by atoms with Gasteiger partial charge in [0.05, 0.1) is 13.1 Å². The molecule has 0 bridgehead atoms. The van der Waals surface area contributed by atoms with Gasteiger partial charge in [-0.3, -0.25) is 0 Å². The lowest BCUT2D eigenvalue weighted by atomic mass is 9.98. The average molecular weight is 389 g/mol. The molecule has 2 unspecified atom stereocenters. The summed E-state index contributed by atoms with van der Waals surface area (Å²) in [6, 6.07) is 17.7. The summed E-state index contributed by atoms with van der Waals surface area (Å²) in [5.41, 5.74) is 4.84. The Hall–Kier alpha value is -3.15. The zero-order valence-corrected chi connectivity index (χ0v) is 17.0. The van der Waals surface area contributed by atoms with Crippen molar-refractivity contribution in [3.8, 4) is 11.1 Å². The molecule has 1 fully saturated rings. The van der Waals surface area contributed by atoms with Gasteiger partial charge >= 0.3 is 0 Å². The average Bonchev–Trinajstić information content (AvgIpc) is 3.20. The number of benzene rings is 2. The molecule has 3 aromatic rings. The second-order valence-electron chi connectivity index (χ2n) is 7.61. The van der Waals surface area contributed by atoms with Gasteiger partial charge in [0.1, 0.15) is 12.7 Å². The van der Waals surface area contributed by atoms with Gasteiger partial charge < -0.3 is 10.6 Å². The van der Waals surface area contributed by atoms with E-state index < -0.39 is 0 Å². The van der Waals surface area contributed by atoms with E-state index in [4.69, 9.17) is 4.99 Å². The van der Waals surface area contributed by atoms with Gasteiger partial charge in [-0.05, 0) is 41.5 Å². The fourth-order valence-electron chi connectivity index (χ4n) is 3.41. The van der Waals surface area contributed by atoms with Crippen LogP contribution in [0.2, 0.25) is 0 Å². The van der Waals surface area contributed by atoms with E-state index in [1.54, 1.807) is 12.7 Å². The molecule has 4 rings (SSSR count). The number of nitrogens with zero attached hydrogens (tertiary/aromatic N) is 4. The van der Waals surface area contributed by atoms with Crippen molar-refractivity contribution in [2.24, 2.45) is 10.9 Å². The van der Waals surface area contributed by atoms with E-state index >= 15 is 0 Å². The number of aliphatic imine (C=N–C) groups is 1. The Kier molecular flexibility index (Phi) is 5.89. The van der Waals surface area contributed by atoms with Crippen LogP contribution in [0, 0.1) is 5.92 Å². The molecule has 0 saturated heterocycles. The summed E-state index contributed by atoms with van der Waals surface area (Å²) in [5, 5.41) is 11.1. The summed E-state index contributed by atoms with van der Waals surface area (Å²) < 4.78 is 1.83. The van der Waals surface area contributed by atoms with Crippen LogP contribution >= 0.6 is 0 Å². The summed E-state index contributed by atoms with van der Waals surface area (Å²) in [6.07, 6.45) is 4.52. The van der Waals surface area contributed by atoms with Gasteiger partial charge in [0.25, 0.3) is 0 Å². The van der Waals surface area contributed by atoms with E-state index in [9.17, 15) is 0 Å². The van der Waals surface area contributed by atoms with Crippen LogP contribution in [0.15, 0.2) is 66.2 Å². The molecule has 1 aliphatic carbocycles. The van der Waals surface area contributed by atoms with Gasteiger partial charge in [0, 0.05) is 12.6 Å². The second kappa shape index (κ2) is 8.90. The summed E-state index contributed by atoms with van der Waals surface area (Å²) >= 11 is 0. The molecule has 1 aliphatic rings. The van der Waals surface area contributed by atoms with Crippen molar-refractivity contribution >= 4 is 5.96 Å². The first-order valence-electron chi connectivity index (χ1n) is 10.3. The number of nitrogens with one attached hydrogen (secondary N) is 2. The van der Waals surface area contributed by atoms with Crippen LogP contribution in [0.1, 0.15) is 31.4 Å². The minimum Gasteiger partial charge on any atom is -0.357 e. The Bertz CT molecular complexity index is 946. The summed E-state index contributed by atoms with van der Waals surface area (Å²) in [4.78, 5) is 8.83. The van der Waals surface area contributed by atoms with E-state index in [1.165, 1.54) is 28.7 Å². The van der Waals surface area contributed by atoms with E-state index in [2.05, 4.69) is 83.1 Å². The van der Waals surface area contributed by atoms with Gasteiger partial charge in [-0.15, -0.1) is 0 Å². The van der Waals surface area contributed by atoms with Crippen LogP contribution in [0.25, 0.3) is 11.1 Å². The minimum atomic E-state index is 0.556. The first-order valence-corrected chi connectivity index (χ1v) is 10.3. The van der Waals surface area contributed by atoms with E-state index in [0.717, 1.165) is 25.0 Å². The quantitative estimate of drug-likeness (QED) is 0.480. The SMILES string of the molecule is CCNC(=NCc1ccccc1-c1ccc(Cn2cncn2)cc1)NC1CC1C. The highest BCUT2D eigenvalue weighted by molar-refractivity contribution is 5.80. The third-order valence-electron chi connectivity index (χ3n) is 5.28. The normalized spacial score (nSPS) is 18.5. The number of aromatic nitrogens is 3. The molecule has 1 saturated carbocycles. The molecule has 2 N–H and O–H groups in total. The zero-order chi connectivity index (χ0) is 20.1. The standard InChI is InChI=1S/C23H28N6/c1-3-25-23(28-22-12-17(22)2)26-13-20-6-4-5-7-21(20)19-10-8-18(9-11-19)14-29-16-24-15-27-29/h4-11,15-17,22H,3,12-14H2,1-2H3,(H2,25,26,28). The Morgan fingerprint density at radius 3 is 2.66 bits per heavy atom. The van der Waals surface area contributed by atoms with E-state index in [-0.39, 0.29) is 0 Å². The maximum Gasteiger partial charge on any atom is 0.191 e. The van der Waals surface area contributed by atoms with Crippen molar-refractivity contribution in [3.63, 3.8) is 0 Å². The second-order valence-corrected chi connectivity index (χ2v) is 7.61. The maximum absolute atomic E-state index is 4.83. The van der Waals surface area contributed by atoms with Crippen molar-refractivity contribution in [2.75, 3.05) is 6.54 Å². The first kappa shape index (κ1) is 19.2. The third kappa shape index (κ3) is 5.02. The van der Waals surface area contributed by atoms with Gasteiger partial charge in [0.15, 0.2) is 5.96 Å². The summed E-state index contributed by atoms with van der Waals surface area (Å²) in [5.74, 6) is 1.64. The molecule has 150 valence electrons. The first-order chi connectivity index (χ1) is 14.2. The predicted octanol–water partition coefficient (Wildman–Crippen LogP) is 3.46. The smallest absolute Gasteiger partial charge is 0.191 e. The highest BCUT2D eigenvalue weighted by Crippen LogP contribution is 2.29. The largest absolute Gasteiger partial charge is 0.357 e. The molecular weight excluding hydrogens is 360 g/mol. The number of hydrogen-bond acceptors (Lipinski definition) is 3. The van der Waals surface area contributed by atoms with Crippen molar-refractivity contribution in [1.29, 1.82) is 0 Å². The highest BCUT2D eigenvalue weighted by atomic mass is 15.3. The summed E-state index contributed by atoms with van der Waals surface area (Å²) in [7, 11) is 0. The van der Waals surface area contributed by atoms with Gasteiger partial charge in [-0.2, -0.15) is 5.10 Å². The van der Waals surface area contributed by atoms with Gasteiger partial charge in [-0.25, -0.2) is 14.7 Å². The Labute approximate surface area is 172 Å². The minimum absolute atomic E-state index is 0.556. The topological polar surface area (TPSA) is 67.1 Å². The van der Waals surface area contributed by atoms with Crippen LogP contribution in [-0.4, -0.2) is 33.3 Å². The molecule has 29 heavy (non-hydrogen) atoms. The van der Waals surface area contributed by atoms with Crippen LogP contribution in [0.3, 0.4) is 0 Å². The lowest BCUT2D eigenvalue weighted by Gasteiger charge is -2.13. The van der Waals surface area contributed by atoms with E-state index in [0.29, 0.717) is 12.6 Å². The van der Waals surface area contributed by atoms with Crippen LogP contribution in [0.5, 0.6) is 0 Å². The van der Waals surface area contributed by atoms with Crippen molar-refractivity contribution < 1.29 is 0 Å². The maximum atomic E-state index is 4.83. The van der Waals surface area contributed by atoms with Gasteiger partial charge in [-0.1, -0.05) is 55.5 Å². The van der Waals surface area contributed by atoms with Crippen molar-refractivity contribution in [2.45, 2.75) is 39.4 Å².